The molecular weight excluding hydrogens is 651 g/mol. The van der Waals surface area contributed by atoms with Crippen LogP contribution in [0.4, 0.5) is 0 Å². The van der Waals surface area contributed by atoms with E-state index in [4.69, 9.17) is 14.1 Å². The van der Waals surface area contributed by atoms with Crippen LogP contribution in [0.1, 0.15) is 0 Å². The molecule has 45 heavy (non-hydrogen) atoms. The van der Waals surface area contributed by atoms with Crippen molar-refractivity contribution in [1.29, 1.82) is 0 Å². The Labute approximate surface area is 269 Å². The molecule has 6 nitrogen and oxygen atoms in total. The van der Waals surface area contributed by atoms with E-state index in [1.54, 1.807) is 0 Å². The molecule has 10 aromatic rings. The van der Waals surface area contributed by atoms with Crippen LogP contribution in [0.15, 0.2) is 126 Å². The normalized spacial score (nSPS) is 11.8. The van der Waals surface area contributed by atoms with Gasteiger partial charge in [0, 0.05) is 63.2 Å². The number of furan rings is 1. The van der Waals surface area contributed by atoms with Gasteiger partial charge in [0.25, 0.3) is 0 Å². The zero-order valence-corrected chi connectivity index (χ0v) is 25.0. The molecule has 0 saturated carbocycles. The van der Waals surface area contributed by atoms with Gasteiger partial charge in [0.1, 0.15) is 16.8 Å². The fourth-order valence-corrected chi connectivity index (χ4v) is 6.58. The first-order chi connectivity index (χ1) is 21.8. The molecule has 0 atom stereocenters. The van der Waals surface area contributed by atoms with Gasteiger partial charge in [-0.2, -0.15) is 6.07 Å². The van der Waals surface area contributed by atoms with E-state index in [9.17, 15) is 0 Å². The number of hydrogen-bond donors (Lipinski definition) is 0. The number of nitrogens with zero attached hydrogens (tertiary/aromatic N) is 4. The minimum absolute atomic E-state index is 0. The van der Waals surface area contributed by atoms with Crippen LogP contribution in [0.2, 0.25) is 0 Å². The van der Waals surface area contributed by atoms with Crippen molar-refractivity contribution in [2.75, 3.05) is 0 Å². The second-order valence-corrected chi connectivity index (χ2v) is 10.9. The summed E-state index contributed by atoms with van der Waals surface area (Å²) < 4.78 is 16.9. The molecule has 0 saturated heterocycles. The summed E-state index contributed by atoms with van der Waals surface area (Å²) in [4.78, 5) is 9.42. The van der Waals surface area contributed by atoms with Gasteiger partial charge >= 0.3 is 20.4 Å². The van der Waals surface area contributed by atoms with Crippen molar-refractivity contribution >= 4 is 71.2 Å². The maximum Gasteiger partial charge on any atom is 2.00 e. The molecule has 10 rings (SSSR count). The summed E-state index contributed by atoms with van der Waals surface area (Å²) in [6.45, 7) is 0. The van der Waals surface area contributed by atoms with Gasteiger partial charge in [0.2, 0.25) is 0 Å². The first kappa shape index (κ1) is 26.0. The van der Waals surface area contributed by atoms with Crippen LogP contribution >= 0.6 is 0 Å². The minimum atomic E-state index is 0. The van der Waals surface area contributed by atoms with Gasteiger partial charge in [0.15, 0.2) is 0 Å². The SMILES string of the molecule is [Pd+2].[c-]1c(Oc2[c-]c3c(cc2)c2ccccc2n2ccnc32)cccc1-n1c2cc3oc4ccccc4c3cc2c2cccnc21. The van der Waals surface area contributed by atoms with Crippen molar-refractivity contribution in [3.05, 3.63) is 134 Å². The fraction of sp³-hybridized carbons (Fsp3) is 0. The third-order valence-electron chi connectivity index (χ3n) is 8.48. The van der Waals surface area contributed by atoms with Gasteiger partial charge in [0.05, 0.1) is 11.2 Å². The Balaban J connectivity index is 0.00000281. The molecule has 5 heterocycles. The molecule has 0 N–H and O–H groups in total. The Hall–Kier alpha value is -5.48. The number of para-hydroxylation sites is 2. The van der Waals surface area contributed by atoms with Gasteiger partial charge in [-0.1, -0.05) is 58.9 Å². The Kier molecular flexibility index (Phi) is 5.64. The average molecular weight is 671 g/mol. The summed E-state index contributed by atoms with van der Waals surface area (Å²) in [5.74, 6) is 1.17. The van der Waals surface area contributed by atoms with E-state index in [0.717, 1.165) is 76.9 Å². The van der Waals surface area contributed by atoms with Gasteiger partial charge in [-0.25, -0.2) is 4.98 Å². The second kappa shape index (κ2) is 9.77. The molecule has 0 spiro atoms. The monoisotopic (exact) mass is 670 g/mol. The predicted octanol–water partition coefficient (Wildman–Crippen LogP) is 9.42. The molecule has 0 radical (unpaired) electrons. The number of rotatable bonds is 3. The maximum absolute atomic E-state index is 6.40. The van der Waals surface area contributed by atoms with E-state index in [0.29, 0.717) is 11.5 Å². The second-order valence-electron chi connectivity index (χ2n) is 10.9. The van der Waals surface area contributed by atoms with Crippen LogP contribution in [0.3, 0.4) is 0 Å². The molecule has 5 aromatic carbocycles. The number of benzene rings is 5. The van der Waals surface area contributed by atoms with Crippen LogP contribution in [-0.4, -0.2) is 18.9 Å². The Bertz CT molecular complexity index is 2770. The average Bonchev–Trinajstić information content (AvgIpc) is 3.78. The van der Waals surface area contributed by atoms with Crippen molar-refractivity contribution in [2.45, 2.75) is 0 Å². The topological polar surface area (TPSA) is 57.5 Å². The van der Waals surface area contributed by atoms with Gasteiger partial charge in [-0.05, 0) is 35.7 Å². The molecule has 0 aliphatic heterocycles. The number of ether oxygens (including phenoxy) is 1. The molecule has 0 aliphatic carbocycles. The van der Waals surface area contributed by atoms with Crippen LogP contribution in [0, 0.1) is 12.1 Å². The van der Waals surface area contributed by atoms with Gasteiger partial charge in [-0.3, -0.25) is 4.98 Å². The summed E-state index contributed by atoms with van der Waals surface area (Å²) in [6, 6.07) is 41.8. The molecule has 0 unspecified atom stereocenters. The van der Waals surface area contributed by atoms with Crippen molar-refractivity contribution in [1.82, 2.24) is 18.9 Å². The summed E-state index contributed by atoms with van der Waals surface area (Å²) in [5, 5.41) is 7.48. The zero-order chi connectivity index (χ0) is 28.8. The maximum atomic E-state index is 6.40. The first-order valence-corrected chi connectivity index (χ1v) is 14.4. The Morgan fingerprint density at radius 3 is 2.36 bits per heavy atom. The van der Waals surface area contributed by atoms with Crippen LogP contribution in [-0.2, 0) is 20.4 Å². The number of fused-ring (bicyclic) bond motifs is 12. The predicted molar refractivity (Wildman–Crippen MR) is 174 cm³/mol. The Morgan fingerprint density at radius 1 is 0.578 bits per heavy atom. The number of aromatic nitrogens is 4. The van der Waals surface area contributed by atoms with E-state index >= 15 is 0 Å². The molecule has 0 aliphatic rings. The summed E-state index contributed by atoms with van der Waals surface area (Å²) in [7, 11) is 0. The first-order valence-electron chi connectivity index (χ1n) is 14.4. The van der Waals surface area contributed by atoms with Crippen molar-refractivity contribution in [2.24, 2.45) is 0 Å². The fourth-order valence-electron chi connectivity index (χ4n) is 6.58. The van der Waals surface area contributed by atoms with E-state index in [2.05, 4.69) is 74.6 Å². The summed E-state index contributed by atoms with van der Waals surface area (Å²) in [6.07, 6.45) is 5.62. The molecule has 5 aromatic heterocycles. The van der Waals surface area contributed by atoms with Gasteiger partial charge in [-0.15, -0.1) is 30.3 Å². The minimum Gasteiger partial charge on any atom is -0.503 e. The number of hydrogen-bond acceptors (Lipinski definition) is 4. The number of pyridine rings is 2. The zero-order valence-electron chi connectivity index (χ0n) is 23.5. The van der Waals surface area contributed by atoms with E-state index in [1.807, 2.05) is 73.2 Å². The molecule has 0 fully saturated rings. The molecule has 214 valence electrons. The Morgan fingerprint density at radius 2 is 1.40 bits per heavy atom. The quantitative estimate of drug-likeness (QED) is 0.107. The van der Waals surface area contributed by atoms with Crippen LogP contribution in [0.5, 0.6) is 11.5 Å². The van der Waals surface area contributed by atoms with E-state index in [1.165, 1.54) is 0 Å². The summed E-state index contributed by atoms with van der Waals surface area (Å²) in [5.41, 5.74) is 6.31. The third-order valence-corrected chi connectivity index (χ3v) is 8.48. The third kappa shape index (κ3) is 3.78. The smallest absolute Gasteiger partial charge is 0.503 e. The summed E-state index contributed by atoms with van der Waals surface area (Å²) >= 11 is 0. The van der Waals surface area contributed by atoms with Crippen molar-refractivity contribution in [3.63, 3.8) is 0 Å². The van der Waals surface area contributed by atoms with E-state index in [-0.39, 0.29) is 20.4 Å². The molecule has 7 heteroatoms. The molecular formula is C38H20N4O2Pd. The van der Waals surface area contributed by atoms with Crippen LogP contribution in [0.25, 0.3) is 76.9 Å². The largest absolute Gasteiger partial charge is 2.00 e. The molecule has 0 amide bonds. The molecule has 0 bridgehead atoms. The van der Waals surface area contributed by atoms with Gasteiger partial charge < -0.3 is 18.1 Å². The van der Waals surface area contributed by atoms with Crippen LogP contribution < -0.4 is 4.74 Å². The van der Waals surface area contributed by atoms with E-state index < -0.39 is 0 Å². The number of imidazole rings is 1. The standard InChI is InChI=1S/C38H20N4O2.Pd/c1-3-12-33-27(9-1)26-15-14-25(20-32(26)37-40-17-18-41(33)37)43-24-8-5-7-23(19-24)42-34-22-36-31(28-10-2-4-13-35(28)44-36)21-30(34)29-11-6-16-39-38(29)42;/h1-18,21-22H;/q-2;+2. The van der Waals surface area contributed by atoms with Crippen molar-refractivity contribution < 1.29 is 29.6 Å². The van der Waals surface area contributed by atoms with Crippen molar-refractivity contribution in [3.8, 4) is 17.2 Å².